The Kier molecular flexibility index (Phi) is 3.55. The Morgan fingerprint density at radius 1 is 1.00 bits per heavy atom. The third-order valence-corrected chi connectivity index (χ3v) is 4.21. The second-order valence-electron chi connectivity index (χ2n) is 3.94. The summed E-state index contributed by atoms with van der Waals surface area (Å²) in [7, 11) is 0. The van der Waals surface area contributed by atoms with Crippen LogP contribution < -0.4 is 5.32 Å². The molecule has 2 aromatic heterocycles. The molecule has 0 saturated heterocycles. The van der Waals surface area contributed by atoms with Crippen molar-refractivity contribution in [1.82, 2.24) is 10.2 Å². The van der Waals surface area contributed by atoms with Crippen molar-refractivity contribution >= 4 is 51.1 Å². The lowest BCUT2D eigenvalue weighted by molar-refractivity contribution is 1.02. The maximum absolute atomic E-state index is 6.03. The van der Waals surface area contributed by atoms with E-state index in [1.54, 1.807) is 11.3 Å². The molecule has 0 spiro atoms. The predicted octanol–water partition coefficient (Wildman–Crippen LogP) is 4.61. The lowest BCUT2D eigenvalue weighted by Gasteiger charge is -2.07. The molecule has 0 unspecified atom stereocenters. The lowest BCUT2D eigenvalue weighted by atomic mass is 10.2. The third kappa shape index (κ3) is 2.66. The van der Waals surface area contributed by atoms with E-state index in [2.05, 4.69) is 15.5 Å². The van der Waals surface area contributed by atoms with Crippen molar-refractivity contribution in [3.63, 3.8) is 0 Å². The monoisotopic (exact) mass is 309 g/mol. The zero-order valence-electron chi connectivity index (χ0n) is 9.73. The van der Waals surface area contributed by atoms with Gasteiger partial charge >= 0.3 is 0 Å². The van der Waals surface area contributed by atoms with E-state index in [9.17, 15) is 0 Å². The lowest BCUT2D eigenvalue weighted by Crippen LogP contribution is -2.02. The van der Waals surface area contributed by atoms with Crippen molar-refractivity contribution in [2.75, 3.05) is 5.32 Å². The van der Waals surface area contributed by atoms with Gasteiger partial charge in [-0.1, -0.05) is 47.5 Å². The Hall–Kier alpha value is -1.36. The van der Waals surface area contributed by atoms with Gasteiger partial charge in [0.05, 0.1) is 10.9 Å². The molecule has 0 atom stereocenters. The smallest absolute Gasteiger partial charge is 0.159 e. The van der Waals surface area contributed by atoms with Crippen LogP contribution in [0.5, 0.6) is 0 Å². The fourth-order valence-electron chi connectivity index (χ4n) is 1.82. The van der Waals surface area contributed by atoms with Crippen molar-refractivity contribution in [1.29, 1.82) is 0 Å². The number of fused-ring (bicyclic) bond motifs is 1. The molecule has 19 heavy (non-hydrogen) atoms. The second kappa shape index (κ2) is 5.33. The minimum absolute atomic E-state index is 0.417. The first-order valence-electron chi connectivity index (χ1n) is 5.63. The highest BCUT2D eigenvalue weighted by Gasteiger charge is 2.07. The Labute approximate surface area is 124 Å². The van der Waals surface area contributed by atoms with Crippen LogP contribution in [0.4, 0.5) is 5.82 Å². The van der Waals surface area contributed by atoms with E-state index in [-0.39, 0.29) is 0 Å². The van der Waals surface area contributed by atoms with Gasteiger partial charge in [0.1, 0.15) is 0 Å². The first-order chi connectivity index (χ1) is 9.24. The molecule has 0 fully saturated rings. The van der Waals surface area contributed by atoms with Crippen LogP contribution in [-0.4, -0.2) is 10.2 Å². The molecule has 2 heterocycles. The molecule has 0 bridgehead atoms. The number of halogens is 2. The van der Waals surface area contributed by atoms with Gasteiger partial charge in [0.2, 0.25) is 0 Å². The quantitative estimate of drug-likeness (QED) is 0.767. The van der Waals surface area contributed by atoms with Gasteiger partial charge in [0.25, 0.3) is 0 Å². The number of rotatable bonds is 3. The average molecular weight is 310 g/mol. The number of benzene rings is 1. The molecule has 0 aliphatic heterocycles. The molecule has 0 amide bonds. The molecule has 96 valence electrons. The molecule has 0 saturated carbocycles. The van der Waals surface area contributed by atoms with E-state index in [0.717, 1.165) is 25.8 Å². The fourth-order valence-corrected chi connectivity index (χ4v) is 3.05. The van der Waals surface area contributed by atoms with Crippen molar-refractivity contribution in [2.24, 2.45) is 0 Å². The van der Waals surface area contributed by atoms with Crippen LogP contribution in [0.3, 0.4) is 0 Å². The van der Waals surface area contributed by atoms with Gasteiger partial charge in [0.15, 0.2) is 11.0 Å². The number of hydrogen-bond acceptors (Lipinski definition) is 4. The van der Waals surface area contributed by atoms with Crippen molar-refractivity contribution < 1.29 is 0 Å². The summed E-state index contributed by atoms with van der Waals surface area (Å²) in [4.78, 5) is 1.14. The fraction of sp³-hybridized carbons (Fsp3) is 0.0769. The van der Waals surface area contributed by atoms with Gasteiger partial charge in [-0.05, 0) is 12.1 Å². The zero-order valence-corrected chi connectivity index (χ0v) is 12.1. The maximum Gasteiger partial charge on any atom is 0.159 e. The van der Waals surface area contributed by atoms with Crippen molar-refractivity contribution in [3.8, 4) is 0 Å². The Morgan fingerprint density at radius 3 is 2.53 bits per heavy atom. The molecule has 3 rings (SSSR count). The molecular formula is C13H9Cl2N3S. The van der Waals surface area contributed by atoms with Crippen molar-refractivity contribution in [2.45, 2.75) is 6.54 Å². The SMILES string of the molecule is Clc1ccc(CNc2nnc(Cl)c3ccccc23)s1. The van der Waals surface area contributed by atoms with E-state index in [1.165, 1.54) is 0 Å². The third-order valence-electron chi connectivity index (χ3n) is 2.70. The predicted molar refractivity (Wildman–Crippen MR) is 81.2 cm³/mol. The van der Waals surface area contributed by atoms with E-state index in [4.69, 9.17) is 23.2 Å². The summed E-state index contributed by atoms with van der Waals surface area (Å²) in [5.41, 5.74) is 0. The molecule has 1 aromatic carbocycles. The number of nitrogens with one attached hydrogen (secondary N) is 1. The minimum Gasteiger partial charge on any atom is -0.363 e. The Morgan fingerprint density at radius 2 is 1.79 bits per heavy atom. The molecule has 6 heteroatoms. The summed E-state index contributed by atoms with van der Waals surface area (Å²) >= 11 is 13.5. The van der Waals surface area contributed by atoms with Crippen LogP contribution in [0.1, 0.15) is 4.88 Å². The van der Waals surface area contributed by atoms with Gasteiger partial charge in [0, 0.05) is 15.6 Å². The molecule has 0 aliphatic carbocycles. The molecule has 3 nitrogen and oxygen atoms in total. The van der Waals surface area contributed by atoms with Gasteiger partial charge in [-0.2, -0.15) is 0 Å². The first-order valence-corrected chi connectivity index (χ1v) is 7.20. The van der Waals surface area contributed by atoms with E-state index >= 15 is 0 Å². The molecule has 1 N–H and O–H groups in total. The molecule has 3 aromatic rings. The number of anilines is 1. The highest BCUT2D eigenvalue weighted by Crippen LogP contribution is 2.27. The van der Waals surface area contributed by atoms with E-state index < -0.39 is 0 Å². The van der Waals surface area contributed by atoms with E-state index in [1.807, 2.05) is 36.4 Å². The second-order valence-corrected chi connectivity index (χ2v) is 6.10. The van der Waals surface area contributed by atoms with Crippen LogP contribution >= 0.6 is 34.5 Å². The summed E-state index contributed by atoms with van der Waals surface area (Å²) in [5.74, 6) is 0.726. The number of hydrogen-bond donors (Lipinski definition) is 1. The standard InChI is InChI=1S/C13H9Cl2N3S/c14-11-6-5-8(19-11)7-16-13-10-4-2-1-3-9(10)12(15)17-18-13/h1-6H,7H2,(H,16,18). The van der Waals surface area contributed by atoms with Gasteiger partial charge < -0.3 is 5.32 Å². The first kappa shape index (κ1) is 12.7. The largest absolute Gasteiger partial charge is 0.363 e. The molecular weight excluding hydrogens is 301 g/mol. The summed E-state index contributed by atoms with van der Waals surface area (Å²) < 4.78 is 0.781. The van der Waals surface area contributed by atoms with Crippen LogP contribution in [0.2, 0.25) is 9.49 Å². The topological polar surface area (TPSA) is 37.8 Å². The molecule has 0 aliphatic rings. The van der Waals surface area contributed by atoms with Crippen LogP contribution in [0, 0.1) is 0 Å². The van der Waals surface area contributed by atoms with Crippen LogP contribution in [0.25, 0.3) is 10.8 Å². The minimum atomic E-state index is 0.417. The summed E-state index contributed by atoms with van der Waals surface area (Å²) in [6, 6.07) is 11.7. The van der Waals surface area contributed by atoms with Gasteiger partial charge in [-0.25, -0.2) is 0 Å². The highest BCUT2D eigenvalue weighted by atomic mass is 35.5. The van der Waals surface area contributed by atoms with Crippen molar-refractivity contribution in [3.05, 3.63) is 50.8 Å². The number of aromatic nitrogens is 2. The van der Waals surface area contributed by atoms with Gasteiger partial charge in [-0.15, -0.1) is 21.5 Å². The zero-order chi connectivity index (χ0) is 13.2. The number of thiophene rings is 1. The number of nitrogens with zero attached hydrogens (tertiary/aromatic N) is 2. The van der Waals surface area contributed by atoms with Gasteiger partial charge in [-0.3, -0.25) is 0 Å². The Balaban J connectivity index is 1.91. The Bertz CT molecular complexity index is 727. The average Bonchev–Trinajstić information content (AvgIpc) is 2.84. The molecule has 0 radical (unpaired) electrons. The normalized spacial score (nSPS) is 10.8. The maximum atomic E-state index is 6.03. The van der Waals surface area contributed by atoms with Crippen LogP contribution in [0.15, 0.2) is 36.4 Å². The summed E-state index contributed by atoms with van der Waals surface area (Å²) in [6.45, 7) is 0.664. The summed E-state index contributed by atoms with van der Waals surface area (Å²) in [5, 5.41) is 13.6. The van der Waals surface area contributed by atoms with E-state index in [0.29, 0.717) is 11.7 Å². The summed E-state index contributed by atoms with van der Waals surface area (Å²) in [6.07, 6.45) is 0. The van der Waals surface area contributed by atoms with Crippen LogP contribution in [-0.2, 0) is 6.54 Å². The highest BCUT2D eigenvalue weighted by molar-refractivity contribution is 7.16.